The fourth-order valence-electron chi connectivity index (χ4n) is 3.00. The molecule has 1 amide bonds. The van der Waals surface area contributed by atoms with E-state index in [1.54, 1.807) is 25.1 Å². The van der Waals surface area contributed by atoms with Gasteiger partial charge in [0.2, 0.25) is 0 Å². The maximum atomic E-state index is 12.2. The Labute approximate surface area is 186 Å². The maximum absolute atomic E-state index is 12.2. The number of aromatic amines is 1. The van der Waals surface area contributed by atoms with Crippen LogP contribution < -0.4 is 14.8 Å². The van der Waals surface area contributed by atoms with Gasteiger partial charge in [-0.1, -0.05) is 30.3 Å². The van der Waals surface area contributed by atoms with Crippen LogP contribution in [0.15, 0.2) is 48.5 Å². The minimum Gasteiger partial charge on any atom is -0.490 e. The van der Waals surface area contributed by atoms with Gasteiger partial charge in [0.25, 0.3) is 5.91 Å². The molecule has 0 fully saturated rings. The molecule has 0 saturated heterocycles. The van der Waals surface area contributed by atoms with Gasteiger partial charge >= 0.3 is 5.97 Å². The van der Waals surface area contributed by atoms with Gasteiger partial charge in [-0.05, 0) is 44.0 Å². The molecule has 0 spiro atoms. The van der Waals surface area contributed by atoms with E-state index in [4.69, 9.17) is 14.2 Å². The summed E-state index contributed by atoms with van der Waals surface area (Å²) in [5.74, 6) is 0.0464. The Bertz CT molecular complexity index is 1040. The fraction of sp³-hybridized carbons (Fsp3) is 0.304. The van der Waals surface area contributed by atoms with Crippen molar-refractivity contribution in [2.45, 2.75) is 20.3 Å². The van der Waals surface area contributed by atoms with Crippen LogP contribution >= 0.6 is 0 Å². The summed E-state index contributed by atoms with van der Waals surface area (Å²) < 4.78 is 16.3. The largest absolute Gasteiger partial charge is 0.490 e. The number of rotatable bonds is 11. The average Bonchev–Trinajstić information content (AvgIpc) is 3.29. The highest BCUT2D eigenvalue weighted by atomic mass is 16.5. The topological polar surface area (TPSA) is 115 Å². The number of amides is 1. The number of hydrogen-bond acceptors (Lipinski definition) is 7. The minimum absolute atomic E-state index is 0.0840. The molecule has 0 saturated carbocycles. The summed E-state index contributed by atoms with van der Waals surface area (Å²) in [6.07, 6.45) is 0.742. The third kappa shape index (κ3) is 6.07. The van der Waals surface area contributed by atoms with Gasteiger partial charge in [0.05, 0.1) is 13.2 Å². The molecule has 0 radical (unpaired) electrons. The zero-order valence-corrected chi connectivity index (χ0v) is 18.1. The summed E-state index contributed by atoms with van der Waals surface area (Å²) in [4.78, 5) is 24.2. The number of carbonyl (C=O) groups is 2. The van der Waals surface area contributed by atoms with Crippen LogP contribution in [0.2, 0.25) is 0 Å². The molecule has 32 heavy (non-hydrogen) atoms. The molecule has 9 heteroatoms. The molecule has 3 rings (SSSR count). The van der Waals surface area contributed by atoms with E-state index in [0.29, 0.717) is 35.9 Å². The normalized spacial score (nSPS) is 10.4. The highest BCUT2D eigenvalue weighted by Gasteiger charge is 2.20. The first-order valence-electron chi connectivity index (χ1n) is 10.4. The molecule has 1 heterocycles. The number of H-pyrrole nitrogens is 1. The molecule has 9 nitrogen and oxygen atoms in total. The molecule has 0 unspecified atom stereocenters. The zero-order chi connectivity index (χ0) is 22.8. The number of ether oxygens (including phenoxy) is 3. The Morgan fingerprint density at radius 3 is 2.53 bits per heavy atom. The van der Waals surface area contributed by atoms with Crippen molar-refractivity contribution in [3.63, 3.8) is 0 Å². The highest BCUT2D eigenvalue weighted by Crippen LogP contribution is 2.33. The molecule has 2 N–H and O–H groups in total. The van der Waals surface area contributed by atoms with Gasteiger partial charge in [-0.15, -0.1) is 5.10 Å². The Kier molecular flexibility index (Phi) is 8.19. The summed E-state index contributed by atoms with van der Waals surface area (Å²) >= 11 is 0. The van der Waals surface area contributed by atoms with Gasteiger partial charge in [0, 0.05) is 12.1 Å². The highest BCUT2D eigenvalue weighted by molar-refractivity contribution is 5.94. The SMILES string of the molecule is CCOC(=O)c1n[nH]nc1-c1ccc(OCC(=O)NCCc2ccccc2)c(OCC)c1. The summed E-state index contributed by atoms with van der Waals surface area (Å²) in [5.41, 5.74) is 2.18. The van der Waals surface area contributed by atoms with Crippen LogP contribution in [0.25, 0.3) is 11.3 Å². The number of benzene rings is 2. The van der Waals surface area contributed by atoms with Gasteiger partial charge in [-0.2, -0.15) is 10.3 Å². The van der Waals surface area contributed by atoms with Crippen molar-refractivity contribution in [1.29, 1.82) is 0 Å². The van der Waals surface area contributed by atoms with Crippen LogP contribution in [0.4, 0.5) is 0 Å². The molecular formula is C23H26N4O5. The summed E-state index contributed by atoms with van der Waals surface area (Å²) in [7, 11) is 0. The van der Waals surface area contributed by atoms with E-state index < -0.39 is 5.97 Å². The van der Waals surface area contributed by atoms with Crippen LogP contribution in [-0.4, -0.2) is 53.7 Å². The first-order valence-corrected chi connectivity index (χ1v) is 10.4. The van der Waals surface area contributed by atoms with Crippen molar-refractivity contribution in [3.05, 3.63) is 59.8 Å². The fourth-order valence-corrected chi connectivity index (χ4v) is 3.00. The Balaban J connectivity index is 1.63. The van der Waals surface area contributed by atoms with Crippen LogP contribution in [0.1, 0.15) is 29.9 Å². The molecule has 3 aromatic rings. The number of aromatic nitrogens is 3. The van der Waals surface area contributed by atoms with Crippen molar-refractivity contribution < 1.29 is 23.8 Å². The Hall–Kier alpha value is -3.88. The van der Waals surface area contributed by atoms with Gasteiger partial charge in [-0.3, -0.25) is 4.79 Å². The average molecular weight is 438 g/mol. The van der Waals surface area contributed by atoms with E-state index in [-0.39, 0.29) is 24.8 Å². The summed E-state index contributed by atoms with van der Waals surface area (Å²) in [6.45, 7) is 4.56. The van der Waals surface area contributed by atoms with Crippen molar-refractivity contribution in [3.8, 4) is 22.8 Å². The molecule has 0 atom stereocenters. The van der Waals surface area contributed by atoms with E-state index in [9.17, 15) is 9.59 Å². The van der Waals surface area contributed by atoms with Crippen molar-refractivity contribution in [2.75, 3.05) is 26.4 Å². The lowest BCUT2D eigenvalue weighted by Crippen LogP contribution is -2.30. The number of hydrogen-bond donors (Lipinski definition) is 2. The first kappa shape index (κ1) is 22.8. The Morgan fingerprint density at radius 1 is 0.969 bits per heavy atom. The smallest absolute Gasteiger partial charge is 0.361 e. The van der Waals surface area contributed by atoms with E-state index >= 15 is 0 Å². The summed E-state index contributed by atoms with van der Waals surface area (Å²) in [5, 5.41) is 13.2. The van der Waals surface area contributed by atoms with E-state index in [1.165, 1.54) is 0 Å². The molecule has 168 valence electrons. The molecule has 0 aliphatic rings. The van der Waals surface area contributed by atoms with Gasteiger partial charge in [0.1, 0.15) is 5.69 Å². The third-order valence-electron chi connectivity index (χ3n) is 4.47. The molecule has 2 aromatic carbocycles. The number of nitrogens with one attached hydrogen (secondary N) is 2. The summed E-state index contributed by atoms with van der Waals surface area (Å²) in [6, 6.07) is 15.0. The molecular weight excluding hydrogens is 412 g/mol. The zero-order valence-electron chi connectivity index (χ0n) is 18.1. The molecule has 0 bridgehead atoms. The van der Waals surface area contributed by atoms with Crippen molar-refractivity contribution in [2.24, 2.45) is 0 Å². The molecule has 0 aliphatic heterocycles. The third-order valence-corrected chi connectivity index (χ3v) is 4.47. The number of nitrogens with zero attached hydrogens (tertiary/aromatic N) is 2. The molecule has 0 aliphatic carbocycles. The quantitative estimate of drug-likeness (QED) is 0.442. The molecule has 1 aromatic heterocycles. The number of carbonyl (C=O) groups excluding carboxylic acids is 2. The van der Waals surface area contributed by atoms with Crippen LogP contribution in [0.3, 0.4) is 0 Å². The van der Waals surface area contributed by atoms with E-state index in [2.05, 4.69) is 20.7 Å². The number of esters is 1. The second-order valence-electron chi connectivity index (χ2n) is 6.71. The van der Waals surface area contributed by atoms with Gasteiger partial charge < -0.3 is 19.5 Å². The standard InChI is InChI=1S/C23H26N4O5/c1-3-30-19-14-17(21-22(26-27-25-21)23(29)31-4-2)10-11-18(19)32-15-20(28)24-13-12-16-8-6-5-7-9-16/h5-11,14H,3-4,12-13,15H2,1-2H3,(H,24,28)(H,25,26,27). The Morgan fingerprint density at radius 2 is 1.78 bits per heavy atom. The van der Waals surface area contributed by atoms with E-state index in [0.717, 1.165) is 12.0 Å². The minimum atomic E-state index is -0.568. The predicted octanol–water partition coefficient (Wildman–Crippen LogP) is 2.78. The maximum Gasteiger partial charge on any atom is 0.361 e. The lowest BCUT2D eigenvalue weighted by molar-refractivity contribution is -0.123. The van der Waals surface area contributed by atoms with Crippen molar-refractivity contribution >= 4 is 11.9 Å². The van der Waals surface area contributed by atoms with Gasteiger partial charge in [-0.25, -0.2) is 4.79 Å². The lowest BCUT2D eigenvalue weighted by Gasteiger charge is -2.13. The van der Waals surface area contributed by atoms with Crippen LogP contribution in [-0.2, 0) is 16.0 Å². The monoisotopic (exact) mass is 438 g/mol. The van der Waals surface area contributed by atoms with E-state index in [1.807, 2.05) is 37.3 Å². The van der Waals surface area contributed by atoms with Gasteiger partial charge in [0.15, 0.2) is 23.8 Å². The first-order chi connectivity index (χ1) is 15.6. The predicted molar refractivity (Wildman–Crippen MR) is 118 cm³/mol. The van der Waals surface area contributed by atoms with Crippen LogP contribution in [0, 0.1) is 0 Å². The lowest BCUT2D eigenvalue weighted by atomic mass is 10.1. The van der Waals surface area contributed by atoms with Crippen molar-refractivity contribution in [1.82, 2.24) is 20.7 Å². The second kappa shape index (κ2) is 11.5. The van der Waals surface area contributed by atoms with Crippen LogP contribution in [0.5, 0.6) is 11.5 Å². The second-order valence-corrected chi connectivity index (χ2v) is 6.71.